The first-order chi connectivity index (χ1) is 16.2. The number of carbonyl (C=O) groups excluding carboxylic acids is 3. The Hall–Kier alpha value is -2.41. The van der Waals surface area contributed by atoms with Crippen LogP contribution in [0, 0.1) is 11.8 Å². The van der Waals surface area contributed by atoms with Crippen LogP contribution >= 0.6 is 0 Å². The molecule has 2 fully saturated rings. The highest BCUT2D eigenvalue weighted by molar-refractivity contribution is 5.99. The second kappa shape index (κ2) is 11.3. The topological polar surface area (TPSA) is 73.0 Å². The van der Waals surface area contributed by atoms with Gasteiger partial charge in [-0.3, -0.25) is 19.3 Å². The van der Waals surface area contributed by atoms with Crippen molar-refractivity contribution < 1.29 is 14.4 Å². The molecule has 1 aromatic rings. The molecule has 188 valence electrons. The summed E-state index contributed by atoms with van der Waals surface area (Å²) in [7, 11) is 3.90. The number of ketones is 1. The molecule has 0 aromatic heterocycles. The van der Waals surface area contributed by atoms with Gasteiger partial charge in [-0.15, -0.1) is 0 Å². The molecule has 7 nitrogen and oxygen atoms in total. The molecule has 3 atom stereocenters. The molecule has 2 saturated heterocycles. The molecule has 0 saturated carbocycles. The number of likely N-dealkylation sites (tertiary alicyclic amines) is 2. The summed E-state index contributed by atoms with van der Waals surface area (Å²) in [6.45, 7) is 10.4. The summed E-state index contributed by atoms with van der Waals surface area (Å²) >= 11 is 0. The van der Waals surface area contributed by atoms with Crippen LogP contribution in [0.4, 0.5) is 5.69 Å². The average molecular weight is 471 g/mol. The Balaban J connectivity index is 1.72. The largest absolute Gasteiger partial charge is 0.378 e. The fourth-order valence-electron chi connectivity index (χ4n) is 5.33. The number of benzene rings is 1. The third-order valence-electron chi connectivity index (χ3n) is 7.41. The second-order valence-electron chi connectivity index (χ2n) is 10.5. The molecule has 0 bridgehead atoms. The molecule has 0 aliphatic carbocycles. The minimum Gasteiger partial charge on any atom is -0.378 e. The first-order valence-electron chi connectivity index (χ1n) is 12.8. The van der Waals surface area contributed by atoms with Crippen LogP contribution in [0.1, 0.15) is 63.7 Å². The lowest BCUT2D eigenvalue weighted by molar-refractivity contribution is -0.138. The van der Waals surface area contributed by atoms with Crippen molar-refractivity contribution in [1.29, 1.82) is 0 Å². The third kappa shape index (κ3) is 5.80. The van der Waals surface area contributed by atoms with Crippen molar-refractivity contribution in [1.82, 2.24) is 15.1 Å². The number of hydrogen-bond donors (Lipinski definition) is 1. The van der Waals surface area contributed by atoms with Crippen molar-refractivity contribution in [2.75, 3.05) is 38.6 Å². The number of nitrogens with one attached hydrogen (secondary N) is 1. The molecule has 2 amide bonds. The Morgan fingerprint density at radius 3 is 2.32 bits per heavy atom. The summed E-state index contributed by atoms with van der Waals surface area (Å²) in [5, 5.41) is 2.98. The summed E-state index contributed by atoms with van der Waals surface area (Å²) in [6, 6.07) is 6.43. The molecule has 2 aliphatic heterocycles. The van der Waals surface area contributed by atoms with E-state index in [0.717, 1.165) is 31.5 Å². The van der Waals surface area contributed by atoms with Crippen LogP contribution in [0.2, 0.25) is 0 Å². The molecule has 1 N–H and O–H groups in total. The number of carbonyl (C=O) groups is 3. The van der Waals surface area contributed by atoms with Gasteiger partial charge >= 0.3 is 0 Å². The quantitative estimate of drug-likeness (QED) is 0.569. The SMILES string of the molecule is CCC(CC)CN1CC(=O)C2C1CCN2C(=O)C(CC(C)C)NC(=O)c1ccc(N(C)C)cc1. The highest BCUT2D eigenvalue weighted by Gasteiger charge is 2.50. The van der Waals surface area contributed by atoms with Gasteiger partial charge in [0.25, 0.3) is 5.91 Å². The minimum atomic E-state index is -0.638. The smallest absolute Gasteiger partial charge is 0.251 e. The Morgan fingerprint density at radius 2 is 1.76 bits per heavy atom. The van der Waals surface area contributed by atoms with E-state index >= 15 is 0 Å². The van der Waals surface area contributed by atoms with E-state index in [4.69, 9.17) is 0 Å². The highest BCUT2D eigenvalue weighted by Crippen LogP contribution is 2.32. The molecule has 2 aliphatic rings. The van der Waals surface area contributed by atoms with Gasteiger partial charge in [-0.2, -0.15) is 0 Å². The van der Waals surface area contributed by atoms with Crippen molar-refractivity contribution in [3.63, 3.8) is 0 Å². The Labute approximate surface area is 204 Å². The van der Waals surface area contributed by atoms with Crippen molar-refractivity contribution in [2.24, 2.45) is 11.8 Å². The fraction of sp³-hybridized carbons (Fsp3) is 0.667. The maximum Gasteiger partial charge on any atom is 0.251 e. The monoisotopic (exact) mass is 470 g/mol. The highest BCUT2D eigenvalue weighted by atomic mass is 16.2. The zero-order chi connectivity index (χ0) is 25.0. The number of amides is 2. The number of fused-ring (bicyclic) bond motifs is 1. The Kier molecular flexibility index (Phi) is 8.74. The van der Waals surface area contributed by atoms with E-state index in [9.17, 15) is 14.4 Å². The number of hydrogen-bond acceptors (Lipinski definition) is 5. The van der Waals surface area contributed by atoms with E-state index in [2.05, 4.69) is 24.1 Å². The predicted molar refractivity (Wildman–Crippen MR) is 136 cm³/mol. The van der Waals surface area contributed by atoms with Crippen LogP contribution in [0.3, 0.4) is 0 Å². The summed E-state index contributed by atoms with van der Waals surface area (Å²) in [6.07, 6.45) is 3.55. The summed E-state index contributed by atoms with van der Waals surface area (Å²) < 4.78 is 0. The van der Waals surface area contributed by atoms with Crippen LogP contribution in [-0.4, -0.2) is 79.3 Å². The Morgan fingerprint density at radius 1 is 1.12 bits per heavy atom. The van der Waals surface area contributed by atoms with Gasteiger partial charge in [-0.25, -0.2) is 0 Å². The van der Waals surface area contributed by atoms with Gasteiger partial charge < -0.3 is 15.1 Å². The van der Waals surface area contributed by atoms with Crippen LogP contribution in [0.25, 0.3) is 0 Å². The standard InChI is InChI=1S/C27H42N4O3/c1-7-19(8-2)16-30-17-24(32)25-23(30)13-14-31(25)27(34)22(15-18(3)4)28-26(33)20-9-11-21(12-10-20)29(5)6/h9-12,18-19,22-23,25H,7-8,13-17H2,1-6H3,(H,28,33). The fourth-order valence-corrected chi connectivity index (χ4v) is 5.33. The normalized spacial score (nSPS) is 21.3. The zero-order valence-electron chi connectivity index (χ0n) is 21.7. The molecule has 3 rings (SSSR count). The van der Waals surface area contributed by atoms with Crippen molar-refractivity contribution in [3.05, 3.63) is 29.8 Å². The van der Waals surface area contributed by atoms with Crippen LogP contribution in [0.5, 0.6) is 0 Å². The second-order valence-corrected chi connectivity index (χ2v) is 10.5. The van der Waals surface area contributed by atoms with Gasteiger partial charge in [-0.1, -0.05) is 40.5 Å². The van der Waals surface area contributed by atoms with Crippen molar-refractivity contribution >= 4 is 23.3 Å². The Bertz CT molecular complexity index is 863. The third-order valence-corrected chi connectivity index (χ3v) is 7.41. The van der Waals surface area contributed by atoms with E-state index in [1.54, 1.807) is 17.0 Å². The molecule has 1 aromatic carbocycles. The van der Waals surface area contributed by atoms with Gasteiger partial charge in [0.2, 0.25) is 5.91 Å². The van der Waals surface area contributed by atoms with E-state index in [1.165, 1.54) is 0 Å². The number of nitrogens with zero attached hydrogens (tertiary/aromatic N) is 3. The number of Topliss-reactive ketones (excluding diaryl/α,β-unsaturated/α-hetero) is 1. The molecule has 34 heavy (non-hydrogen) atoms. The zero-order valence-corrected chi connectivity index (χ0v) is 21.7. The molecule has 0 radical (unpaired) electrons. The molecular formula is C27H42N4O3. The lowest BCUT2D eigenvalue weighted by Crippen LogP contribution is -2.52. The van der Waals surface area contributed by atoms with E-state index in [0.29, 0.717) is 31.0 Å². The minimum absolute atomic E-state index is 0.103. The van der Waals surface area contributed by atoms with Crippen molar-refractivity contribution in [3.8, 4) is 0 Å². The first kappa shape index (κ1) is 26.2. The first-order valence-corrected chi connectivity index (χ1v) is 12.8. The molecule has 3 unspecified atom stereocenters. The van der Waals surface area contributed by atoms with Crippen LogP contribution in [-0.2, 0) is 9.59 Å². The summed E-state index contributed by atoms with van der Waals surface area (Å²) in [5.41, 5.74) is 1.53. The summed E-state index contributed by atoms with van der Waals surface area (Å²) in [4.78, 5) is 45.7. The van der Waals surface area contributed by atoms with E-state index < -0.39 is 6.04 Å². The molecule has 0 spiro atoms. The maximum absolute atomic E-state index is 13.7. The van der Waals surface area contributed by atoms with Gasteiger partial charge in [0.1, 0.15) is 12.1 Å². The number of rotatable bonds is 10. The van der Waals surface area contributed by atoms with Gasteiger partial charge in [-0.05, 0) is 48.9 Å². The van der Waals surface area contributed by atoms with Gasteiger partial charge in [0.15, 0.2) is 5.78 Å². The maximum atomic E-state index is 13.7. The van der Waals surface area contributed by atoms with Crippen molar-refractivity contribution in [2.45, 2.75) is 71.5 Å². The lowest BCUT2D eigenvalue weighted by Gasteiger charge is -2.29. The van der Waals surface area contributed by atoms with E-state index in [1.807, 2.05) is 45.0 Å². The predicted octanol–water partition coefficient (Wildman–Crippen LogP) is 3.19. The molecular weight excluding hydrogens is 428 g/mol. The van der Waals surface area contributed by atoms with Gasteiger partial charge in [0, 0.05) is 44.5 Å². The molecule has 7 heteroatoms. The summed E-state index contributed by atoms with van der Waals surface area (Å²) in [5.74, 6) is 0.554. The average Bonchev–Trinajstić information content (AvgIpc) is 3.37. The number of anilines is 1. The van der Waals surface area contributed by atoms with E-state index in [-0.39, 0.29) is 35.6 Å². The van der Waals surface area contributed by atoms with Gasteiger partial charge in [0.05, 0.1) is 6.54 Å². The van der Waals surface area contributed by atoms with Crippen LogP contribution in [0.15, 0.2) is 24.3 Å². The van der Waals surface area contributed by atoms with Crippen LogP contribution < -0.4 is 10.2 Å². The molecule has 2 heterocycles. The lowest BCUT2D eigenvalue weighted by atomic mass is 10.0.